The molecular formula is C17H14ClN5OS3. The van der Waals surface area contributed by atoms with Gasteiger partial charge in [-0.05, 0) is 29.5 Å². The van der Waals surface area contributed by atoms with Crippen LogP contribution in [0.1, 0.15) is 0 Å². The van der Waals surface area contributed by atoms with Crippen LogP contribution in [0.5, 0.6) is 0 Å². The molecule has 1 N–H and O–H groups in total. The lowest BCUT2D eigenvalue weighted by Gasteiger charge is -2.03. The van der Waals surface area contributed by atoms with Gasteiger partial charge < -0.3 is 10.1 Å². The molecule has 0 aliphatic heterocycles. The van der Waals surface area contributed by atoms with E-state index in [0.29, 0.717) is 18.2 Å². The summed E-state index contributed by atoms with van der Waals surface area (Å²) < 4.78 is 5.85. The normalized spacial score (nSPS) is 11.2. The van der Waals surface area contributed by atoms with E-state index in [1.807, 2.05) is 24.3 Å². The number of halogens is 1. The number of aromatic nitrogens is 4. The smallest absolute Gasteiger partial charge is 0.206 e. The number of nitrogens with one attached hydrogen (secondary N) is 1. The Morgan fingerprint density at radius 2 is 2.04 bits per heavy atom. The van der Waals surface area contributed by atoms with Gasteiger partial charge in [0, 0.05) is 29.6 Å². The number of hydrogen-bond acceptors (Lipinski definition) is 9. The zero-order valence-electron chi connectivity index (χ0n) is 14.2. The highest BCUT2D eigenvalue weighted by Gasteiger charge is 2.16. The van der Waals surface area contributed by atoms with Gasteiger partial charge in [0.1, 0.15) is 16.2 Å². The third-order valence-electron chi connectivity index (χ3n) is 3.66. The van der Waals surface area contributed by atoms with Gasteiger partial charge in [0.2, 0.25) is 5.13 Å². The Morgan fingerprint density at radius 3 is 2.85 bits per heavy atom. The molecule has 10 heteroatoms. The first-order valence-corrected chi connectivity index (χ1v) is 10.9. The van der Waals surface area contributed by atoms with Crippen molar-refractivity contribution >= 4 is 61.4 Å². The molecule has 0 aliphatic carbocycles. The van der Waals surface area contributed by atoms with Gasteiger partial charge in [0.05, 0.1) is 12.0 Å². The Kier molecular flexibility index (Phi) is 5.84. The van der Waals surface area contributed by atoms with Crippen molar-refractivity contribution < 1.29 is 4.74 Å². The highest BCUT2D eigenvalue weighted by atomic mass is 35.5. The molecule has 4 rings (SSSR count). The molecule has 4 aromatic rings. The predicted octanol–water partition coefficient (Wildman–Crippen LogP) is 5.07. The Morgan fingerprint density at radius 1 is 1.19 bits per heavy atom. The molecule has 0 amide bonds. The van der Waals surface area contributed by atoms with Gasteiger partial charge in [-0.1, -0.05) is 35.1 Å². The maximum Gasteiger partial charge on any atom is 0.206 e. The van der Waals surface area contributed by atoms with Gasteiger partial charge >= 0.3 is 0 Å². The topological polar surface area (TPSA) is 72.8 Å². The van der Waals surface area contributed by atoms with Gasteiger partial charge in [0.25, 0.3) is 0 Å². The first-order valence-electron chi connectivity index (χ1n) is 7.97. The second kappa shape index (κ2) is 8.49. The van der Waals surface area contributed by atoms with Gasteiger partial charge in [-0.15, -0.1) is 21.5 Å². The maximum absolute atomic E-state index is 6.02. The van der Waals surface area contributed by atoms with Gasteiger partial charge in [-0.3, -0.25) is 0 Å². The first kappa shape index (κ1) is 18.6. The number of benzene rings is 1. The lowest BCUT2D eigenvalue weighted by molar-refractivity contribution is 0.211. The van der Waals surface area contributed by atoms with Gasteiger partial charge in [-0.25, -0.2) is 9.97 Å². The summed E-state index contributed by atoms with van der Waals surface area (Å²) in [6, 6.07) is 7.79. The van der Waals surface area contributed by atoms with Crippen LogP contribution in [0.3, 0.4) is 0 Å². The monoisotopic (exact) mass is 435 g/mol. The van der Waals surface area contributed by atoms with E-state index in [1.54, 1.807) is 24.8 Å². The van der Waals surface area contributed by atoms with Crippen molar-refractivity contribution in [2.75, 3.05) is 25.6 Å². The van der Waals surface area contributed by atoms with Crippen LogP contribution in [0.2, 0.25) is 5.02 Å². The second-order valence-electron chi connectivity index (χ2n) is 5.41. The Hall–Kier alpha value is -1.78. The van der Waals surface area contributed by atoms with Crippen molar-refractivity contribution in [2.24, 2.45) is 0 Å². The molecule has 27 heavy (non-hydrogen) atoms. The van der Waals surface area contributed by atoms with Crippen LogP contribution in [0.15, 0.2) is 45.3 Å². The minimum Gasteiger partial charge on any atom is -0.383 e. The summed E-state index contributed by atoms with van der Waals surface area (Å²) in [7, 11) is 1.67. The van der Waals surface area contributed by atoms with E-state index in [0.717, 1.165) is 35.8 Å². The van der Waals surface area contributed by atoms with Crippen LogP contribution in [0, 0.1) is 0 Å². The van der Waals surface area contributed by atoms with Crippen LogP contribution in [-0.2, 0) is 4.74 Å². The SMILES string of the molecule is COCCNc1nnc(Sc2ncnc3scc(-c4ccc(Cl)cc4)c23)s1. The maximum atomic E-state index is 6.02. The molecule has 0 saturated carbocycles. The molecule has 0 radical (unpaired) electrons. The van der Waals surface area contributed by atoms with Crippen molar-refractivity contribution in [3.8, 4) is 11.1 Å². The number of hydrogen-bond donors (Lipinski definition) is 1. The van der Waals surface area contributed by atoms with E-state index in [1.165, 1.54) is 23.1 Å². The molecule has 1 aromatic carbocycles. The van der Waals surface area contributed by atoms with Crippen molar-refractivity contribution in [3.05, 3.63) is 41.0 Å². The zero-order chi connectivity index (χ0) is 18.6. The molecule has 0 bridgehead atoms. The molecule has 3 heterocycles. The Bertz CT molecular complexity index is 1050. The van der Waals surface area contributed by atoms with Crippen molar-refractivity contribution in [1.82, 2.24) is 20.2 Å². The number of ether oxygens (including phenoxy) is 1. The summed E-state index contributed by atoms with van der Waals surface area (Å²) in [5, 5.41) is 17.1. The highest BCUT2D eigenvalue weighted by molar-refractivity contribution is 8.01. The lowest BCUT2D eigenvalue weighted by Crippen LogP contribution is -2.06. The molecular weight excluding hydrogens is 422 g/mol. The number of nitrogens with zero attached hydrogens (tertiary/aromatic N) is 4. The highest BCUT2D eigenvalue weighted by Crippen LogP contribution is 2.41. The fourth-order valence-corrected chi connectivity index (χ4v) is 5.34. The fraction of sp³-hybridized carbons (Fsp3) is 0.176. The van der Waals surface area contributed by atoms with Crippen LogP contribution < -0.4 is 5.32 Å². The predicted molar refractivity (Wildman–Crippen MR) is 112 cm³/mol. The summed E-state index contributed by atoms with van der Waals surface area (Å²) in [4.78, 5) is 9.85. The quantitative estimate of drug-likeness (QED) is 0.320. The van der Waals surface area contributed by atoms with E-state index in [-0.39, 0.29) is 0 Å². The summed E-state index contributed by atoms with van der Waals surface area (Å²) >= 11 is 10.6. The standard InChI is InChI=1S/C17H14ClN5OS3/c1-24-7-6-19-16-22-23-17(27-16)26-15-13-12(8-25-14(13)20-9-21-15)10-2-4-11(18)5-3-10/h2-5,8-9H,6-7H2,1H3,(H,19,22). The van der Waals surface area contributed by atoms with E-state index in [2.05, 4.69) is 30.9 Å². The lowest BCUT2D eigenvalue weighted by atomic mass is 10.1. The minimum absolute atomic E-state index is 0.619. The van der Waals surface area contributed by atoms with Crippen molar-refractivity contribution in [3.63, 3.8) is 0 Å². The average Bonchev–Trinajstić information content (AvgIpc) is 3.30. The van der Waals surface area contributed by atoms with Crippen LogP contribution in [0.4, 0.5) is 5.13 Å². The average molecular weight is 436 g/mol. The number of rotatable bonds is 7. The Labute approximate surface area is 173 Å². The third kappa shape index (κ3) is 4.22. The molecule has 0 atom stereocenters. The molecule has 0 aliphatic rings. The zero-order valence-corrected chi connectivity index (χ0v) is 17.4. The van der Waals surface area contributed by atoms with Crippen molar-refractivity contribution in [1.29, 1.82) is 0 Å². The minimum atomic E-state index is 0.619. The molecule has 0 saturated heterocycles. The first-order chi connectivity index (χ1) is 13.2. The van der Waals surface area contributed by atoms with Crippen LogP contribution >= 0.6 is 46.0 Å². The van der Waals surface area contributed by atoms with Crippen LogP contribution in [0.25, 0.3) is 21.3 Å². The van der Waals surface area contributed by atoms with E-state index in [4.69, 9.17) is 16.3 Å². The fourth-order valence-electron chi connectivity index (χ4n) is 2.43. The van der Waals surface area contributed by atoms with E-state index < -0.39 is 0 Å². The Balaban J connectivity index is 1.64. The number of fused-ring (bicyclic) bond motifs is 1. The second-order valence-corrected chi connectivity index (χ2v) is 8.92. The number of anilines is 1. The molecule has 3 aromatic heterocycles. The molecule has 0 fully saturated rings. The van der Waals surface area contributed by atoms with E-state index >= 15 is 0 Å². The molecule has 0 spiro atoms. The molecule has 0 unspecified atom stereocenters. The summed E-state index contributed by atoms with van der Waals surface area (Å²) in [6.45, 7) is 1.31. The van der Waals surface area contributed by atoms with Gasteiger partial charge in [0.15, 0.2) is 4.34 Å². The van der Waals surface area contributed by atoms with E-state index in [9.17, 15) is 0 Å². The summed E-state index contributed by atoms with van der Waals surface area (Å²) in [5.41, 5.74) is 2.18. The number of thiophene rings is 1. The molecule has 138 valence electrons. The van der Waals surface area contributed by atoms with Crippen molar-refractivity contribution in [2.45, 2.75) is 9.37 Å². The number of methoxy groups -OCH3 is 1. The summed E-state index contributed by atoms with van der Waals surface area (Å²) in [5.74, 6) is 0. The van der Waals surface area contributed by atoms with Gasteiger partial charge in [-0.2, -0.15) is 0 Å². The molecule has 6 nitrogen and oxygen atoms in total. The van der Waals surface area contributed by atoms with Crippen LogP contribution in [-0.4, -0.2) is 40.4 Å². The summed E-state index contributed by atoms with van der Waals surface area (Å²) in [6.07, 6.45) is 1.59. The third-order valence-corrected chi connectivity index (χ3v) is 6.74. The largest absolute Gasteiger partial charge is 0.383 e.